The van der Waals surface area contributed by atoms with Crippen molar-refractivity contribution < 1.29 is 23.8 Å². The number of hydrogen-bond donors (Lipinski definition) is 1. The van der Waals surface area contributed by atoms with Crippen LogP contribution in [0.25, 0.3) is 5.76 Å². The molecule has 2 fully saturated rings. The largest absolute Gasteiger partial charge is 0.507 e. The Morgan fingerprint density at radius 1 is 1.08 bits per heavy atom. The molecule has 36 heavy (non-hydrogen) atoms. The molecule has 7 nitrogen and oxygen atoms in total. The molecule has 0 aliphatic carbocycles. The number of aliphatic hydroxyl groups is 1. The highest BCUT2D eigenvalue weighted by Gasteiger charge is 2.50. The summed E-state index contributed by atoms with van der Waals surface area (Å²) in [6, 6.07) is 17.4. The number of aliphatic hydroxyl groups excluding tert-OH is 1. The Hall–Kier alpha value is -3.55. The SMILES string of the molecule is COc1ccc(Cl)cc1/C(O)=C1/C(=O)C(=O)N(C2CCN(Cc3ccccc3)CC2)C1c1ccco1. The standard InChI is InChI=1S/C28H27ClN2O5/c1-35-22-10-9-19(29)16-21(22)26(32)24-25(23-8-5-15-36-23)31(28(34)27(24)33)20-11-13-30(14-12-20)17-18-6-3-2-4-7-18/h2-10,15-16,20,25,32H,11-14,17H2,1H3/b26-24-. The molecule has 3 heterocycles. The average molecular weight is 507 g/mol. The van der Waals surface area contributed by atoms with Crippen molar-refractivity contribution in [1.82, 2.24) is 9.80 Å². The van der Waals surface area contributed by atoms with Crippen molar-refractivity contribution in [2.24, 2.45) is 0 Å². The number of furan rings is 1. The van der Waals surface area contributed by atoms with E-state index in [-0.39, 0.29) is 22.9 Å². The van der Waals surface area contributed by atoms with Crippen molar-refractivity contribution in [3.8, 4) is 5.75 Å². The summed E-state index contributed by atoms with van der Waals surface area (Å²) in [7, 11) is 1.46. The summed E-state index contributed by atoms with van der Waals surface area (Å²) in [6.45, 7) is 2.41. The molecule has 1 N–H and O–H groups in total. The molecule has 0 radical (unpaired) electrons. The first-order valence-electron chi connectivity index (χ1n) is 11.9. The first-order chi connectivity index (χ1) is 17.5. The van der Waals surface area contributed by atoms with E-state index in [4.69, 9.17) is 20.8 Å². The van der Waals surface area contributed by atoms with Gasteiger partial charge in [-0.1, -0.05) is 41.9 Å². The average Bonchev–Trinajstić information content (AvgIpc) is 3.52. The van der Waals surface area contributed by atoms with Gasteiger partial charge in [-0.05, 0) is 48.7 Å². The van der Waals surface area contributed by atoms with Gasteiger partial charge in [-0.3, -0.25) is 14.5 Å². The van der Waals surface area contributed by atoms with Crippen LogP contribution in [0, 0.1) is 0 Å². The second-order valence-electron chi connectivity index (χ2n) is 9.06. The van der Waals surface area contributed by atoms with E-state index >= 15 is 0 Å². The number of hydrogen-bond acceptors (Lipinski definition) is 6. The quantitative estimate of drug-likeness (QED) is 0.287. The van der Waals surface area contributed by atoms with Crippen LogP contribution in [0.1, 0.15) is 35.8 Å². The van der Waals surface area contributed by atoms with Gasteiger partial charge in [-0.25, -0.2) is 0 Å². The summed E-state index contributed by atoms with van der Waals surface area (Å²) in [5.74, 6) is -0.958. The Kier molecular flexibility index (Phi) is 6.85. The summed E-state index contributed by atoms with van der Waals surface area (Å²) in [5.41, 5.74) is 1.46. The van der Waals surface area contributed by atoms with E-state index in [9.17, 15) is 14.7 Å². The van der Waals surface area contributed by atoms with Crippen molar-refractivity contribution in [1.29, 1.82) is 0 Å². The van der Waals surface area contributed by atoms with Gasteiger partial charge < -0.3 is 19.2 Å². The smallest absolute Gasteiger partial charge is 0.296 e. The van der Waals surface area contributed by atoms with E-state index in [0.29, 0.717) is 29.4 Å². The number of piperidine rings is 1. The first-order valence-corrected chi connectivity index (χ1v) is 12.3. The number of nitrogens with zero attached hydrogens (tertiary/aromatic N) is 2. The first kappa shape index (κ1) is 24.2. The zero-order chi connectivity index (χ0) is 25.2. The number of methoxy groups -OCH3 is 1. The Morgan fingerprint density at radius 3 is 2.50 bits per heavy atom. The molecule has 8 heteroatoms. The number of likely N-dealkylation sites (tertiary alicyclic amines) is 2. The summed E-state index contributed by atoms with van der Waals surface area (Å²) in [6.07, 6.45) is 2.91. The summed E-state index contributed by atoms with van der Waals surface area (Å²) < 4.78 is 11.1. The minimum atomic E-state index is -0.839. The molecule has 1 unspecified atom stereocenters. The number of carbonyl (C=O) groups excluding carboxylic acids is 2. The number of ketones is 1. The van der Waals surface area contributed by atoms with Gasteiger partial charge in [0, 0.05) is 30.7 Å². The van der Waals surface area contributed by atoms with E-state index in [1.54, 1.807) is 29.2 Å². The minimum Gasteiger partial charge on any atom is -0.507 e. The lowest BCUT2D eigenvalue weighted by molar-refractivity contribution is -0.142. The molecular formula is C28H27ClN2O5. The van der Waals surface area contributed by atoms with Crippen molar-refractivity contribution in [2.45, 2.75) is 31.5 Å². The molecular weight excluding hydrogens is 480 g/mol. The van der Waals surface area contributed by atoms with E-state index in [2.05, 4.69) is 17.0 Å². The van der Waals surface area contributed by atoms with Crippen LogP contribution in [0.15, 0.2) is 76.9 Å². The van der Waals surface area contributed by atoms with Crippen LogP contribution < -0.4 is 4.74 Å². The number of rotatable bonds is 6. The second-order valence-corrected chi connectivity index (χ2v) is 9.50. The molecule has 2 saturated heterocycles. The summed E-state index contributed by atoms with van der Waals surface area (Å²) in [4.78, 5) is 30.6. The molecule has 5 rings (SSSR count). The Bertz CT molecular complexity index is 1280. The third kappa shape index (κ3) is 4.52. The molecule has 186 valence electrons. The summed E-state index contributed by atoms with van der Waals surface area (Å²) in [5, 5.41) is 11.7. The fourth-order valence-corrected chi connectivity index (χ4v) is 5.33. The van der Waals surface area contributed by atoms with Gasteiger partial charge in [0.25, 0.3) is 11.7 Å². The van der Waals surface area contributed by atoms with Gasteiger partial charge in [0.05, 0.1) is 24.5 Å². The topological polar surface area (TPSA) is 83.2 Å². The lowest BCUT2D eigenvalue weighted by Gasteiger charge is -2.38. The van der Waals surface area contributed by atoms with Gasteiger partial charge in [-0.2, -0.15) is 0 Å². The highest BCUT2D eigenvalue weighted by atomic mass is 35.5. The van der Waals surface area contributed by atoms with Crippen LogP contribution in [-0.2, 0) is 16.1 Å². The predicted molar refractivity (Wildman–Crippen MR) is 136 cm³/mol. The van der Waals surface area contributed by atoms with Crippen molar-refractivity contribution in [3.63, 3.8) is 0 Å². The number of Topliss-reactive ketones (excluding diaryl/α,β-unsaturated/α-hetero) is 1. The zero-order valence-corrected chi connectivity index (χ0v) is 20.6. The number of ether oxygens (including phenoxy) is 1. The number of benzene rings is 2. The maximum atomic E-state index is 13.4. The zero-order valence-electron chi connectivity index (χ0n) is 19.9. The monoisotopic (exact) mass is 506 g/mol. The molecule has 3 aromatic rings. The maximum absolute atomic E-state index is 13.4. The maximum Gasteiger partial charge on any atom is 0.296 e. The fourth-order valence-electron chi connectivity index (χ4n) is 5.16. The van der Waals surface area contributed by atoms with E-state index < -0.39 is 17.7 Å². The fraction of sp³-hybridized carbons (Fsp3) is 0.286. The van der Waals surface area contributed by atoms with Crippen LogP contribution in [0.2, 0.25) is 5.02 Å². The molecule has 2 aliphatic rings. The van der Waals surface area contributed by atoms with Crippen LogP contribution in [-0.4, -0.2) is 52.8 Å². The highest BCUT2D eigenvalue weighted by molar-refractivity contribution is 6.46. The van der Waals surface area contributed by atoms with Crippen LogP contribution in [0.5, 0.6) is 5.75 Å². The lowest BCUT2D eigenvalue weighted by Crippen LogP contribution is -2.46. The summed E-state index contributed by atoms with van der Waals surface area (Å²) >= 11 is 6.17. The van der Waals surface area contributed by atoms with Crippen molar-refractivity contribution >= 4 is 29.1 Å². The highest BCUT2D eigenvalue weighted by Crippen LogP contribution is 2.43. The van der Waals surface area contributed by atoms with Crippen molar-refractivity contribution in [3.05, 3.63) is 94.4 Å². The lowest BCUT2D eigenvalue weighted by atomic mass is 9.96. The van der Waals surface area contributed by atoms with Crippen molar-refractivity contribution in [2.75, 3.05) is 20.2 Å². The molecule has 1 aromatic heterocycles. The molecule has 0 spiro atoms. The van der Waals surface area contributed by atoms with Crippen LogP contribution in [0.4, 0.5) is 0 Å². The van der Waals surface area contributed by atoms with Gasteiger partial charge in [0.2, 0.25) is 0 Å². The Labute approximate surface area is 214 Å². The van der Waals surface area contributed by atoms with Gasteiger partial charge in [0.15, 0.2) is 0 Å². The van der Waals surface area contributed by atoms with Gasteiger partial charge in [-0.15, -0.1) is 0 Å². The third-order valence-electron chi connectivity index (χ3n) is 6.91. The molecule has 2 aromatic carbocycles. The number of carbonyl (C=O) groups is 2. The predicted octanol–water partition coefficient (Wildman–Crippen LogP) is 5.03. The van der Waals surface area contributed by atoms with Gasteiger partial charge in [0.1, 0.15) is 23.3 Å². The van der Waals surface area contributed by atoms with E-state index in [0.717, 1.165) is 19.6 Å². The van der Waals surface area contributed by atoms with E-state index in [1.165, 1.54) is 25.0 Å². The second kappa shape index (κ2) is 10.2. The van der Waals surface area contributed by atoms with Gasteiger partial charge >= 0.3 is 0 Å². The van der Waals surface area contributed by atoms with Crippen LogP contribution in [0.3, 0.4) is 0 Å². The van der Waals surface area contributed by atoms with Crippen LogP contribution >= 0.6 is 11.6 Å². The molecule has 0 saturated carbocycles. The molecule has 0 bridgehead atoms. The third-order valence-corrected chi connectivity index (χ3v) is 7.14. The number of halogens is 1. The minimum absolute atomic E-state index is 0.0257. The van der Waals surface area contributed by atoms with E-state index in [1.807, 2.05) is 18.2 Å². The Balaban J connectivity index is 1.47. The molecule has 1 amide bonds. The molecule has 2 aliphatic heterocycles. The number of amides is 1. The molecule has 1 atom stereocenters. The normalized spacial score (nSPS) is 20.7. The Morgan fingerprint density at radius 2 is 1.83 bits per heavy atom.